The zero-order valence-corrected chi connectivity index (χ0v) is 19.4. The summed E-state index contributed by atoms with van der Waals surface area (Å²) in [5.41, 5.74) is 1.84. The van der Waals surface area contributed by atoms with E-state index in [0.717, 1.165) is 17.2 Å². The first-order valence-corrected chi connectivity index (χ1v) is 11.6. The van der Waals surface area contributed by atoms with E-state index in [1.165, 1.54) is 24.3 Å². The van der Waals surface area contributed by atoms with Gasteiger partial charge in [0, 0.05) is 30.0 Å². The van der Waals surface area contributed by atoms with Gasteiger partial charge in [-0.25, -0.2) is 13.2 Å². The van der Waals surface area contributed by atoms with Crippen molar-refractivity contribution in [3.8, 4) is 11.1 Å². The Kier molecular flexibility index (Phi) is 7.28. The molecule has 0 bridgehead atoms. The van der Waals surface area contributed by atoms with Crippen molar-refractivity contribution in [2.24, 2.45) is 0 Å². The lowest BCUT2D eigenvalue weighted by atomic mass is 9.68. The van der Waals surface area contributed by atoms with Crippen LogP contribution in [0.1, 0.15) is 43.4 Å². The molecule has 2 N–H and O–H groups in total. The summed E-state index contributed by atoms with van der Waals surface area (Å²) in [6.07, 6.45) is -0.124. The third kappa shape index (κ3) is 5.26. The Balaban J connectivity index is 1.53. The van der Waals surface area contributed by atoms with E-state index in [9.17, 15) is 28.2 Å². The average Bonchev–Trinajstić information content (AvgIpc) is 2.84. The Morgan fingerprint density at radius 3 is 2.23 bits per heavy atom. The van der Waals surface area contributed by atoms with Crippen molar-refractivity contribution in [3.63, 3.8) is 0 Å². The second kappa shape index (κ2) is 10.2. The van der Waals surface area contributed by atoms with Gasteiger partial charge in [-0.2, -0.15) is 0 Å². The van der Waals surface area contributed by atoms with Gasteiger partial charge in [0.25, 0.3) is 0 Å². The third-order valence-electron chi connectivity index (χ3n) is 7.04. The normalized spacial score (nSPS) is 20.1. The predicted octanol–water partition coefficient (Wildman–Crippen LogP) is 5.14. The SMILES string of the molecule is C[C@@H](c1ccc(-c2ccc(F)cc2F)cc1)N1CC[C@](CC(O)CO)(c2ccc(F)cc2)CC1=O. The number of amides is 1. The van der Waals surface area contributed by atoms with Crippen LogP contribution in [0.4, 0.5) is 13.2 Å². The van der Waals surface area contributed by atoms with Crippen LogP contribution in [0.15, 0.2) is 66.7 Å². The summed E-state index contributed by atoms with van der Waals surface area (Å²) in [5, 5.41) is 19.6. The molecule has 4 rings (SSSR count). The van der Waals surface area contributed by atoms with Gasteiger partial charge in [-0.1, -0.05) is 36.4 Å². The van der Waals surface area contributed by atoms with Gasteiger partial charge in [-0.3, -0.25) is 4.79 Å². The van der Waals surface area contributed by atoms with Gasteiger partial charge in [-0.15, -0.1) is 0 Å². The van der Waals surface area contributed by atoms with E-state index < -0.39 is 29.8 Å². The van der Waals surface area contributed by atoms with Crippen LogP contribution in [0.3, 0.4) is 0 Å². The maximum absolute atomic E-state index is 14.1. The van der Waals surface area contributed by atoms with Crippen LogP contribution < -0.4 is 0 Å². The molecule has 184 valence electrons. The maximum Gasteiger partial charge on any atom is 0.223 e. The van der Waals surface area contributed by atoms with Crippen LogP contribution in [0.5, 0.6) is 0 Å². The van der Waals surface area contributed by atoms with E-state index in [-0.39, 0.29) is 30.6 Å². The quantitative estimate of drug-likeness (QED) is 0.490. The molecule has 4 nitrogen and oxygen atoms in total. The zero-order chi connectivity index (χ0) is 25.2. The number of likely N-dealkylation sites (tertiary alicyclic amines) is 1. The van der Waals surface area contributed by atoms with Crippen molar-refractivity contribution in [1.29, 1.82) is 0 Å². The van der Waals surface area contributed by atoms with Crippen molar-refractivity contribution >= 4 is 5.91 Å². The lowest BCUT2D eigenvalue weighted by molar-refractivity contribution is -0.139. The Labute approximate surface area is 202 Å². The summed E-state index contributed by atoms with van der Waals surface area (Å²) < 4.78 is 40.9. The van der Waals surface area contributed by atoms with Crippen molar-refractivity contribution in [2.75, 3.05) is 13.2 Å². The number of halogens is 3. The third-order valence-corrected chi connectivity index (χ3v) is 7.04. The molecule has 1 aliphatic rings. The number of aliphatic hydroxyl groups is 2. The van der Waals surface area contributed by atoms with Crippen LogP contribution in [-0.2, 0) is 10.2 Å². The number of benzene rings is 3. The molecule has 0 radical (unpaired) electrons. The van der Waals surface area contributed by atoms with Crippen LogP contribution in [0.25, 0.3) is 11.1 Å². The van der Waals surface area contributed by atoms with Crippen LogP contribution in [0, 0.1) is 17.5 Å². The monoisotopic (exact) mass is 483 g/mol. The minimum atomic E-state index is -0.990. The molecule has 3 aromatic carbocycles. The molecule has 0 saturated carbocycles. The first-order chi connectivity index (χ1) is 16.7. The first-order valence-electron chi connectivity index (χ1n) is 11.6. The number of nitrogens with zero attached hydrogens (tertiary/aromatic N) is 1. The smallest absolute Gasteiger partial charge is 0.223 e. The molecule has 1 amide bonds. The predicted molar refractivity (Wildman–Crippen MR) is 127 cm³/mol. The molecule has 7 heteroatoms. The first kappa shape index (κ1) is 24.9. The molecule has 35 heavy (non-hydrogen) atoms. The number of rotatable bonds is 7. The zero-order valence-electron chi connectivity index (χ0n) is 19.4. The Hall–Kier alpha value is -3.16. The van der Waals surface area contributed by atoms with Crippen molar-refractivity contribution in [2.45, 2.75) is 43.7 Å². The molecule has 1 saturated heterocycles. The highest BCUT2D eigenvalue weighted by molar-refractivity contribution is 5.79. The van der Waals surface area contributed by atoms with Gasteiger partial charge >= 0.3 is 0 Å². The minimum Gasteiger partial charge on any atom is -0.394 e. The maximum atomic E-state index is 14.1. The Morgan fingerprint density at radius 2 is 1.63 bits per heavy atom. The number of aliphatic hydroxyl groups excluding tert-OH is 2. The van der Waals surface area contributed by atoms with Crippen LogP contribution >= 0.6 is 0 Å². The summed E-state index contributed by atoms with van der Waals surface area (Å²) in [4.78, 5) is 15.1. The fourth-order valence-corrected chi connectivity index (χ4v) is 5.05. The average molecular weight is 484 g/mol. The van der Waals surface area contributed by atoms with Gasteiger partial charge in [0.05, 0.1) is 18.8 Å². The van der Waals surface area contributed by atoms with Crippen LogP contribution in [-0.4, -0.2) is 40.3 Å². The molecule has 1 aliphatic heterocycles. The van der Waals surface area contributed by atoms with Crippen molar-refractivity contribution in [3.05, 3.63) is 95.3 Å². The summed E-state index contributed by atoms with van der Waals surface area (Å²) in [5.74, 6) is -1.76. The molecule has 1 fully saturated rings. The highest BCUT2D eigenvalue weighted by atomic mass is 19.1. The number of carbonyl (C=O) groups is 1. The fourth-order valence-electron chi connectivity index (χ4n) is 5.05. The minimum absolute atomic E-state index is 0.105. The lowest BCUT2D eigenvalue weighted by Crippen LogP contribution is -2.48. The molecule has 0 aromatic heterocycles. The van der Waals surface area contributed by atoms with Gasteiger partial charge in [-0.05, 0) is 60.7 Å². The Morgan fingerprint density at radius 1 is 0.971 bits per heavy atom. The highest BCUT2D eigenvalue weighted by Crippen LogP contribution is 2.42. The second-order valence-corrected chi connectivity index (χ2v) is 9.26. The number of hydrogen-bond acceptors (Lipinski definition) is 3. The summed E-state index contributed by atoms with van der Waals surface area (Å²) in [6.45, 7) is 1.92. The standard InChI is InChI=1S/C28H28F3NO3/c1-18(19-2-4-20(5-3-19)25-11-10-23(30)14-26(25)31)32-13-12-28(16-27(32)35,15-24(34)17-33)21-6-8-22(29)9-7-21/h2-11,14,18,24,33-34H,12-13,15-17H2,1H3/t18-,24?,28+/m0/s1. The lowest BCUT2D eigenvalue weighted by Gasteiger charge is -2.44. The summed E-state index contributed by atoms with van der Waals surface area (Å²) in [7, 11) is 0. The topological polar surface area (TPSA) is 60.8 Å². The molecule has 1 heterocycles. The van der Waals surface area contributed by atoms with E-state index in [2.05, 4.69) is 0 Å². The molecular formula is C28H28F3NO3. The molecule has 3 aromatic rings. The largest absolute Gasteiger partial charge is 0.394 e. The second-order valence-electron chi connectivity index (χ2n) is 9.26. The van der Waals surface area contributed by atoms with Crippen molar-refractivity contribution in [1.82, 2.24) is 4.90 Å². The van der Waals surface area contributed by atoms with E-state index in [1.54, 1.807) is 29.2 Å². The number of hydrogen-bond donors (Lipinski definition) is 2. The summed E-state index contributed by atoms with van der Waals surface area (Å²) >= 11 is 0. The molecule has 1 unspecified atom stereocenters. The van der Waals surface area contributed by atoms with Gasteiger partial charge in [0.2, 0.25) is 5.91 Å². The van der Waals surface area contributed by atoms with Gasteiger partial charge in [0.1, 0.15) is 17.5 Å². The van der Waals surface area contributed by atoms with Crippen molar-refractivity contribution < 1.29 is 28.2 Å². The molecular weight excluding hydrogens is 455 g/mol. The summed E-state index contributed by atoms with van der Waals surface area (Å²) in [6, 6.07) is 16.3. The fraction of sp³-hybridized carbons (Fsp3) is 0.321. The van der Waals surface area contributed by atoms with Gasteiger partial charge in [0.15, 0.2) is 0 Å². The van der Waals surface area contributed by atoms with E-state index >= 15 is 0 Å². The Bertz CT molecular complexity index is 1180. The van der Waals surface area contributed by atoms with E-state index in [0.29, 0.717) is 24.1 Å². The van der Waals surface area contributed by atoms with E-state index in [4.69, 9.17) is 0 Å². The molecule has 3 atom stereocenters. The van der Waals surface area contributed by atoms with E-state index in [1.807, 2.05) is 19.1 Å². The van der Waals surface area contributed by atoms with Gasteiger partial charge < -0.3 is 15.1 Å². The van der Waals surface area contributed by atoms with Crippen LogP contribution in [0.2, 0.25) is 0 Å². The molecule has 0 spiro atoms. The highest BCUT2D eigenvalue weighted by Gasteiger charge is 2.42. The number of piperidine rings is 1. The molecule has 0 aliphatic carbocycles. The number of carbonyl (C=O) groups excluding carboxylic acids is 1.